The number of hydrogen-bond donors (Lipinski definition) is 1. The monoisotopic (exact) mass is 215 g/mol. The average molecular weight is 215 g/mol. The van der Waals surface area contributed by atoms with Gasteiger partial charge in [-0.1, -0.05) is 0 Å². The van der Waals surface area contributed by atoms with Gasteiger partial charge in [0.2, 0.25) is 5.91 Å². The normalized spacial score (nSPS) is 21.4. The van der Waals surface area contributed by atoms with Crippen molar-refractivity contribution in [3.8, 4) is 0 Å². The van der Waals surface area contributed by atoms with E-state index >= 15 is 0 Å². The molecule has 4 nitrogen and oxygen atoms in total. The lowest BCUT2D eigenvalue weighted by Crippen LogP contribution is -2.35. The number of nitrogens with zero attached hydrogens (tertiary/aromatic N) is 1. The Morgan fingerprint density at radius 2 is 2.21 bits per heavy atom. The van der Waals surface area contributed by atoms with Gasteiger partial charge in [-0.05, 0) is 12.2 Å². The third-order valence-electron chi connectivity index (χ3n) is 2.17. The highest BCUT2D eigenvalue weighted by Crippen LogP contribution is 2.21. The van der Waals surface area contributed by atoms with Crippen LogP contribution in [0.25, 0.3) is 0 Å². The largest absolute Gasteiger partial charge is 0.478 e. The number of likely N-dealkylation sites (N-methyl/N-ethyl adjacent to an activating group) is 1. The van der Waals surface area contributed by atoms with Gasteiger partial charge in [0.25, 0.3) is 0 Å². The first-order chi connectivity index (χ1) is 6.61. The number of rotatable bonds is 3. The predicted molar refractivity (Wildman–Crippen MR) is 55.3 cm³/mol. The van der Waals surface area contributed by atoms with Crippen molar-refractivity contribution >= 4 is 23.6 Å². The summed E-state index contributed by atoms with van der Waals surface area (Å²) in [7, 11) is 1.71. The summed E-state index contributed by atoms with van der Waals surface area (Å²) in [5.74, 6) is 0.695. The van der Waals surface area contributed by atoms with Crippen LogP contribution >= 0.6 is 11.8 Å². The van der Waals surface area contributed by atoms with Crippen LogP contribution in [0.4, 0.5) is 0 Å². The molecule has 0 aromatic carbocycles. The minimum atomic E-state index is -1.09. The van der Waals surface area contributed by atoms with E-state index in [1.54, 1.807) is 11.9 Å². The first-order valence-electron chi connectivity index (χ1n) is 4.37. The summed E-state index contributed by atoms with van der Waals surface area (Å²) in [6, 6.07) is 0.256. The molecular formula is C9H13NO3S. The minimum Gasteiger partial charge on any atom is -0.478 e. The molecule has 1 fully saturated rings. The average Bonchev–Trinajstić information content (AvgIpc) is 2.65. The van der Waals surface area contributed by atoms with Crippen LogP contribution in [0.1, 0.15) is 6.42 Å². The van der Waals surface area contributed by atoms with E-state index in [9.17, 15) is 9.59 Å². The summed E-state index contributed by atoms with van der Waals surface area (Å²) >= 11 is 1.82. The molecule has 1 amide bonds. The fourth-order valence-corrected chi connectivity index (χ4v) is 2.54. The summed E-state index contributed by atoms with van der Waals surface area (Å²) < 4.78 is 0. The van der Waals surface area contributed by atoms with E-state index < -0.39 is 5.97 Å². The maximum absolute atomic E-state index is 11.4. The van der Waals surface area contributed by atoms with E-state index in [0.717, 1.165) is 30.1 Å². The second-order valence-corrected chi connectivity index (χ2v) is 4.29. The van der Waals surface area contributed by atoms with E-state index in [1.165, 1.54) is 0 Å². The molecule has 0 aliphatic carbocycles. The Morgan fingerprint density at radius 1 is 1.50 bits per heavy atom. The Hall–Kier alpha value is -0.970. The van der Waals surface area contributed by atoms with E-state index in [2.05, 4.69) is 0 Å². The van der Waals surface area contributed by atoms with Crippen molar-refractivity contribution in [1.82, 2.24) is 4.90 Å². The molecule has 5 heteroatoms. The number of carboxylic acids is 1. The number of carboxylic acid groups (broad SMARTS) is 1. The van der Waals surface area contributed by atoms with Gasteiger partial charge in [-0.15, -0.1) is 0 Å². The molecule has 1 atom stereocenters. The van der Waals surface area contributed by atoms with Gasteiger partial charge in [-0.25, -0.2) is 4.79 Å². The number of carbonyl (C=O) groups is 2. The van der Waals surface area contributed by atoms with Crippen molar-refractivity contribution in [2.24, 2.45) is 0 Å². The molecule has 1 heterocycles. The van der Waals surface area contributed by atoms with Crippen molar-refractivity contribution in [1.29, 1.82) is 0 Å². The van der Waals surface area contributed by atoms with Crippen LogP contribution in [0.3, 0.4) is 0 Å². The molecule has 14 heavy (non-hydrogen) atoms. The molecule has 0 aromatic rings. The zero-order valence-electron chi connectivity index (χ0n) is 7.97. The first kappa shape index (κ1) is 11.1. The fraction of sp³-hybridized carbons (Fsp3) is 0.556. The van der Waals surface area contributed by atoms with Crippen LogP contribution in [0.2, 0.25) is 0 Å². The third-order valence-corrected chi connectivity index (χ3v) is 3.31. The van der Waals surface area contributed by atoms with Gasteiger partial charge in [-0.3, -0.25) is 4.79 Å². The second kappa shape index (κ2) is 5.05. The lowest BCUT2D eigenvalue weighted by molar-refractivity contribution is -0.132. The summed E-state index contributed by atoms with van der Waals surface area (Å²) in [6.45, 7) is 0. The molecular weight excluding hydrogens is 202 g/mol. The lowest BCUT2D eigenvalue weighted by Gasteiger charge is -2.21. The van der Waals surface area contributed by atoms with Crippen molar-refractivity contribution < 1.29 is 14.7 Å². The maximum atomic E-state index is 11.4. The van der Waals surface area contributed by atoms with Crippen molar-refractivity contribution in [3.05, 3.63) is 12.2 Å². The molecule has 0 radical (unpaired) electrons. The van der Waals surface area contributed by atoms with Crippen LogP contribution in [-0.4, -0.2) is 46.5 Å². The van der Waals surface area contributed by atoms with E-state index in [4.69, 9.17) is 5.11 Å². The topological polar surface area (TPSA) is 57.6 Å². The minimum absolute atomic E-state index is 0.236. The molecule has 1 N–H and O–H groups in total. The molecule has 1 aliphatic rings. The Morgan fingerprint density at radius 3 is 2.71 bits per heavy atom. The zero-order valence-corrected chi connectivity index (χ0v) is 8.79. The summed E-state index contributed by atoms with van der Waals surface area (Å²) in [5, 5.41) is 8.35. The standard InChI is InChI=1S/C9H13NO3S/c1-10(7-4-5-14-6-7)8(11)2-3-9(12)13/h2-3,7H,4-6H2,1H3,(H,12,13)/b3-2+. The van der Waals surface area contributed by atoms with E-state index in [1.807, 2.05) is 11.8 Å². The molecule has 1 saturated heterocycles. The van der Waals surface area contributed by atoms with Crippen LogP contribution in [0.5, 0.6) is 0 Å². The van der Waals surface area contributed by atoms with E-state index in [-0.39, 0.29) is 11.9 Å². The van der Waals surface area contributed by atoms with Crippen molar-refractivity contribution in [2.75, 3.05) is 18.6 Å². The van der Waals surface area contributed by atoms with Crippen molar-refractivity contribution in [3.63, 3.8) is 0 Å². The predicted octanol–water partition coefficient (Wildman–Crippen LogP) is 0.591. The summed E-state index contributed by atoms with van der Waals surface area (Å²) in [6.07, 6.45) is 2.97. The Labute approximate surface area is 87.0 Å². The summed E-state index contributed by atoms with van der Waals surface area (Å²) in [4.78, 5) is 23.2. The van der Waals surface area contributed by atoms with Gasteiger partial charge < -0.3 is 10.0 Å². The van der Waals surface area contributed by atoms with Crippen molar-refractivity contribution in [2.45, 2.75) is 12.5 Å². The molecule has 1 aliphatic heterocycles. The molecule has 0 aromatic heterocycles. The Balaban J connectivity index is 2.47. The van der Waals surface area contributed by atoms with E-state index in [0.29, 0.717) is 0 Å². The first-order valence-corrected chi connectivity index (χ1v) is 5.52. The van der Waals surface area contributed by atoms with Gasteiger partial charge in [0, 0.05) is 31.0 Å². The van der Waals surface area contributed by atoms with Gasteiger partial charge >= 0.3 is 5.97 Å². The molecule has 0 spiro atoms. The van der Waals surface area contributed by atoms with Gasteiger partial charge in [0.05, 0.1) is 0 Å². The SMILES string of the molecule is CN(C(=O)/C=C/C(=O)O)C1CCSC1. The number of amides is 1. The van der Waals surface area contributed by atoms with Crippen LogP contribution in [-0.2, 0) is 9.59 Å². The zero-order chi connectivity index (χ0) is 10.6. The number of thioether (sulfide) groups is 1. The van der Waals surface area contributed by atoms with Gasteiger partial charge in [-0.2, -0.15) is 11.8 Å². The van der Waals surface area contributed by atoms with Crippen LogP contribution < -0.4 is 0 Å². The molecule has 1 rings (SSSR count). The summed E-state index contributed by atoms with van der Waals surface area (Å²) in [5.41, 5.74) is 0. The number of hydrogen-bond acceptors (Lipinski definition) is 3. The fourth-order valence-electron chi connectivity index (χ4n) is 1.27. The highest BCUT2D eigenvalue weighted by Gasteiger charge is 2.22. The smallest absolute Gasteiger partial charge is 0.328 e. The third kappa shape index (κ3) is 3.06. The highest BCUT2D eigenvalue weighted by atomic mass is 32.2. The van der Waals surface area contributed by atoms with Crippen LogP contribution in [0, 0.1) is 0 Å². The lowest BCUT2D eigenvalue weighted by atomic mass is 10.2. The van der Waals surface area contributed by atoms with Crippen LogP contribution in [0.15, 0.2) is 12.2 Å². The number of aliphatic carboxylic acids is 1. The molecule has 0 saturated carbocycles. The highest BCUT2D eigenvalue weighted by molar-refractivity contribution is 7.99. The molecule has 78 valence electrons. The maximum Gasteiger partial charge on any atom is 0.328 e. The Bertz CT molecular complexity index is 259. The van der Waals surface area contributed by atoms with Gasteiger partial charge in [0.15, 0.2) is 0 Å². The second-order valence-electron chi connectivity index (χ2n) is 3.14. The number of carbonyl (C=O) groups excluding carboxylic acids is 1. The molecule has 1 unspecified atom stereocenters. The molecule has 0 bridgehead atoms. The quantitative estimate of drug-likeness (QED) is 0.700. The Kier molecular flexibility index (Phi) is 4.00. The van der Waals surface area contributed by atoms with Gasteiger partial charge in [0.1, 0.15) is 0 Å².